The van der Waals surface area contributed by atoms with Crippen molar-refractivity contribution in [2.24, 2.45) is 11.8 Å². The molecule has 2 aliphatic rings. The molecule has 1 aromatic rings. The summed E-state index contributed by atoms with van der Waals surface area (Å²) < 4.78 is 13.2. The predicted octanol–water partition coefficient (Wildman–Crippen LogP) is 4.03. The van der Waals surface area contributed by atoms with Gasteiger partial charge in [0.1, 0.15) is 5.82 Å². The van der Waals surface area contributed by atoms with E-state index in [0.717, 1.165) is 19.5 Å². The maximum Gasteiger partial charge on any atom is 0.123 e. The van der Waals surface area contributed by atoms with Crippen molar-refractivity contribution < 1.29 is 4.39 Å². The van der Waals surface area contributed by atoms with Crippen LogP contribution in [-0.4, -0.2) is 6.67 Å². The number of halogens is 1. The summed E-state index contributed by atoms with van der Waals surface area (Å²) in [7, 11) is 0. The van der Waals surface area contributed by atoms with Crippen LogP contribution in [0.5, 0.6) is 0 Å². The Balaban J connectivity index is 1.93. The van der Waals surface area contributed by atoms with Gasteiger partial charge in [-0.2, -0.15) is 0 Å². The molecule has 0 saturated heterocycles. The van der Waals surface area contributed by atoms with Crippen molar-refractivity contribution in [3.63, 3.8) is 0 Å². The van der Waals surface area contributed by atoms with E-state index in [1.165, 1.54) is 28.8 Å². The molecule has 0 amide bonds. The van der Waals surface area contributed by atoms with Crippen LogP contribution in [0, 0.1) is 17.7 Å². The molecular formula is C18H23FN2. The molecule has 2 atom stereocenters. The summed E-state index contributed by atoms with van der Waals surface area (Å²) in [5, 5.41) is 6.69. The Morgan fingerprint density at radius 3 is 2.67 bits per heavy atom. The van der Waals surface area contributed by atoms with Crippen molar-refractivity contribution in [3.8, 4) is 0 Å². The third-order valence-electron chi connectivity index (χ3n) is 4.79. The highest BCUT2D eigenvalue weighted by atomic mass is 19.1. The van der Waals surface area contributed by atoms with E-state index in [1.807, 2.05) is 12.1 Å². The van der Waals surface area contributed by atoms with Crippen LogP contribution in [0.25, 0.3) is 5.57 Å². The summed E-state index contributed by atoms with van der Waals surface area (Å²) in [4.78, 5) is 0. The monoisotopic (exact) mass is 286 g/mol. The Labute approximate surface area is 126 Å². The highest BCUT2D eigenvalue weighted by molar-refractivity contribution is 5.72. The number of benzene rings is 1. The highest BCUT2D eigenvalue weighted by Crippen LogP contribution is 2.45. The zero-order valence-corrected chi connectivity index (χ0v) is 12.7. The molecule has 0 aromatic heterocycles. The Bertz CT molecular complexity index is 571. The molecule has 0 spiro atoms. The number of nitrogens with one attached hydrogen (secondary N) is 2. The van der Waals surface area contributed by atoms with E-state index in [9.17, 15) is 4.39 Å². The quantitative estimate of drug-likeness (QED) is 0.873. The molecule has 0 bridgehead atoms. The summed E-state index contributed by atoms with van der Waals surface area (Å²) >= 11 is 0. The first-order valence-electron chi connectivity index (χ1n) is 7.83. The van der Waals surface area contributed by atoms with E-state index in [-0.39, 0.29) is 5.82 Å². The second-order valence-electron chi connectivity index (χ2n) is 6.02. The van der Waals surface area contributed by atoms with Crippen LogP contribution in [0.1, 0.15) is 38.7 Å². The van der Waals surface area contributed by atoms with Gasteiger partial charge in [-0.05, 0) is 55.4 Å². The molecule has 1 aliphatic carbocycles. The van der Waals surface area contributed by atoms with E-state index < -0.39 is 0 Å². The van der Waals surface area contributed by atoms with Gasteiger partial charge in [0, 0.05) is 17.8 Å². The first-order chi connectivity index (χ1) is 10.2. The molecule has 1 aromatic carbocycles. The summed E-state index contributed by atoms with van der Waals surface area (Å²) in [6.07, 6.45) is 5.57. The van der Waals surface area contributed by atoms with Crippen molar-refractivity contribution in [2.45, 2.75) is 33.1 Å². The molecule has 2 N–H and O–H groups in total. The standard InChI is InChI=1S/C18H23FN2/c1-3-15(17-10-20-11-21-17)16-9-4-12(2)18(16)13-5-7-14(19)8-6-13/h5-8,10,15-16,20-21H,3-4,9,11H2,1-2H3. The fraction of sp³-hybridized carbons (Fsp3) is 0.444. The smallest absolute Gasteiger partial charge is 0.123 e. The minimum absolute atomic E-state index is 0.164. The summed E-state index contributed by atoms with van der Waals surface area (Å²) in [5.41, 5.74) is 5.38. The summed E-state index contributed by atoms with van der Waals surface area (Å²) in [6, 6.07) is 6.99. The van der Waals surface area contributed by atoms with Gasteiger partial charge < -0.3 is 10.6 Å². The SMILES string of the molecule is CCC(C1=CNCN1)C1CCC(C)=C1c1ccc(F)cc1. The number of allylic oxidation sites excluding steroid dienone is 3. The molecule has 1 aliphatic heterocycles. The fourth-order valence-corrected chi connectivity index (χ4v) is 3.78. The minimum atomic E-state index is -0.164. The number of hydrogen-bond acceptors (Lipinski definition) is 2. The topological polar surface area (TPSA) is 24.1 Å². The van der Waals surface area contributed by atoms with Crippen molar-refractivity contribution in [2.75, 3.05) is 6.67 Å². The van der Waals surface area contributed by atoms with Crippen molar-refractivity contribution in [1.82, 2.24) is 10.6 Å². The van der Waals surface area contributed by atoms with Gasteiger partial charge in [-0.1, -0.05) is 24.6 Å². The van der Waals surface area contributed by atoms with Gasteiger partial charge in [-0.3, -0.25) is 0 Å². The Morgan fingerprint density at radius 1 is 1.29 bits per heavy atom. The molecule has 0 radical (unpaired) electrons. The highest BCUT2D eigenvalue weighted by Gasteiger charge is 2.33. The fourth-order valence-electron chi connectivity index (χ4n) is 3.78. The van der Waals surface area contributed by atoms with Gasteiger partial charge in [-0.15, -0.1) is 0 Å². The average Bonchev–Trinajstić information content (AvgIpc) is 3.12. The molecule has 112 valence electrons. The van der Waals surface area contributed by atoms with Crippen molar-refractivity contribution in [3.05, 3.63) is 53.1 Å². The van der Waals surface area contributed by atoms with Crippen LogP contribution >= 0.6 is 0 Å². The normalized spacial score (nSPS) is 22.8. The molecule has 3 heteroatoms. The van der Waals surface area contributed by atoms with E-state index in [0.29, 0.717) is 11.8 Å². The molecule has 3 rings (SSSR count). The van der Waals surface area contributed by atoms with Crippen LogP contribution in [0.3, 0.4) is 0 Å². The Kier molecular flexibility index (Phi) is 4.00. The summed E-state index contributed by atoms with van der Waals surface area (Å²) in [5.74, 6) is 0.875. The van der Waals surface area contributed by atoms with Gasteiger partial charge >= 0.3 is 0 Å². The minimum Gasteiger partial charge on any atom is -0.372 e. The van der Waals surface area contributed by atoms with Crippen LogP contribution in [0.15, 0.2) is 41.7 Å². The Morgan fingerprint density at radius 2 is 2.05 bits per heavy atom. The lowest BCUT2D eigenvalue weighted by atomic mass is 9.80. The lowest BCUT2D eigenvalue weighted by molar-refractivity contribution is 0.426. The second kappa shape index (κ2) is 5.92. The first-order valence-corrected chi connectivity index (χ1v) is 7.83. The van der Waals surface area contributed by atoms with Gasteiger partial charge in [-0.25, -0.2) is 4.39 Å². The van der Waals surface area contributed by atoms with E-state index >= 15 is 0 Å². The molecular weight excluding hydrogens is 263 g/mol. The predicted molar refractivity (Wildman–Crippen MR) is 84.7 cm³/mol. The van der Waals surface area contributed by atoms with Crippen LogP contribution in [0.4, 0.5) is 4.39 Å². The van der Waals surface area contributed by atoms with E-state index in [1.54, 1.807) is 12.1 Å². The second-order valence-corrected chi connectivity index (χ2v) is 6.02. The molecule has 1 heterocycles. The Hall–Kier alpha value is -1.77. The van der Waals surface area contributed by atoms with Crippen LogP contribution in [-0.2, 0) is 0 Å². The van der Waals surface area contributed by atoms with Gasteiger partial charge in [0.2, 0.25) is 0 Å². The van der Waals surface area contributed by atoms with Gasteiger partial charge in [0.15, 0.2) is 0 Å². The lowest BCUT2D eigenvalue weighted by Crippen LogP contribution is -2.24. The molecule has 2 nitrogen and oxygen atoms in total. The van der Waals surface area contributed by atoms with Crippen molar-refractivity contribution in [1.29, 1.82) is 0 Å². The zero-order chi connectivity index (χ0) is 14.8. The maximum atomic E-state index is 13.2. The third-order valence-corrected chi connectivity index (χ3v) is 4.79. The van der Waals surface area contributed by atoms with E-state index in [2.05, 4.69) is 30.7 Å². The van der Waals surface area contributed by atoms with E-state index in [4.69, 9.17) is 0 Å². The van der Waals surface area contributed by atoms with Crippen molar-refractivity contribution >= 4 is 5.57 Å². The van der Waals surface area contributed by atoms with Crippen LogP contribution < -0.4 is 10.6 Å². The van der Waals surface area contributed by atoms with Gasteiger partial charge in [0.25, 0.3) is 0 Å². The summed E-state index contributed by atoms with van der Waals surface area (Å²) in [6.45, 7) is 5.30. The molecule has 0 saturated carbocycles. The maximum absolute atomic E-state index is 13.2. The first kappa shape index (κ1) is 14.2. The molecule has 21 heavy (non-hydrogen) atoms. The largest absolute Gasteiger partial charge is 0.372 e. The molecule has 0 fully saturated rings. The third kappa shape index (κ3) is 2.69. The zero-order valence-electron chi connectivity index (χ0n) is 12.7. The number of hydrogen-bond donors (Lipinski definition) is 2. The van der Waals surface area contributed by atoms with Gasteiger partial charge in [0.05, 0.1) is 6.67 Å². The van der Waals surface area contributed by atoms with Crippen LogP contribution in [0.2, 0.25) is 0 Å². The molecule has 2 unspecified atom stereocenters. The number of rotatable bonds is 4. The lowest BCUT2D eigenvalue weighted by Gasteiger charge is -2.26. The average molecular weight is 286 g/mol.